The lowest BCUT2D eigenvalue weighted by atomic mass is 9.78. The highest BCUT2D eigenvalue weighted by molar-refractivity contribution is 6.33. The number of rotatable bonds is 3. The van der Waals surface area contributed by atoms with Crippen molar-refractivity contribution in [1.82, 2.24) is 10.3 Å². The third-order valence-electron chi connectivity index (χ3n) is 4.00. The standard InChI is InChI=1S/C15H21ClN2O/c1-10(2)11-5-3-4-6-14(11)18-15(19)12-9-17-8-7-13(12)16/h7-11,14H,3-6H2,1-2H3,(H,18,19). The summed E-state index contributed by atoms with van der Waals surface area (Å²) in [6, 6.07) is 1.91. The molecule has 4 heteroatoms. The molecule has 1 N–H and O–H groups in total. The first-order chi connectivity index (χ1) is 9.09. The third kappa shape index (κ3) is 3.47. The van der Waals surface area contributed by atoms with E-state index in [1.165, 1.54) is 25.5 Å². The summed E-state index contributed by atoms with van der Waals surface area (Å²) in [6.45, 7) is 4.46. The van der Waals surface area contributed by atoms with E-state index in [-0.39, 0.29) is 11.9 Å². The Bertz CT molecular complexity index is 448. The molecule has 1 heterocycles. The molecular formula is C15H21ClN2O. The lowest BCUT2D eigenvalue weighted by molar-refractivity contribution is 0.0889. The van der Waals surface area contributed by atoms with Gasteiger partial charge < -0.3 is 5.32 Å². The molecule has 1 aromatic heterocycles. The SMILES string of the molecule is CC(C)C1CCCCC1NC(=O)c1cnccc1Cl. The monoisotopic (exact) mass is 280 g/mol. The van der Waals surface area contributed by atoms with Crippen molar-refractivity contribution in [2.75, 3.05) is 0 Å². The highest BCUT2D eigenvalue weighted by atomic mass is 35.5. The van der Waals surface area contributed by atoms with Crippen molar-refractivity contribution in [1.29, 1.82) is 0 Å². The second-order valence-electron chi connectivity index (χ2n) is 5.63. The summed E-state index contributed by atoms with van der Waals surface area (Å²) in [4.78, 5) is 16.2. The number of halogens is 1. The first kappa shape index (κ1) is 14.3. The largest absolute Gasteiger partial charge is 0.349 e. The Morgan fingerprint density at radius 1 is 1.42 bits per heavy atom. The van der Waals surface area contributed by atoms with E-state index in [9.17, 15) is 4.79 Å². The Morgan fingerprint density at radius 2 is 2.16 bits per heavy atom. The number of carbonyl (C=O) groups excluding carboxylic acids is 1. The maximum absolute atomic E-state index is 12.3. The molecule has 1 amide bonds. The maximum Gasteiger partial charge on any atom is 0.254 e. The summed E-state index contributed by atoms with van der Waals surface area (Å²) in [6.07, 6.45) is 7.84. The van der Waals surface area contributed by atoms with E-state index in [0.717, 1.165) is 6.42 Å². The molecule has 19 heavy (non-hydrogen) atoms. The van der Waals surface area contributed by atoms with Gasteiger partial charge in [0.25, 0.3) is 5.91 Å². The van der Waals surface area contributed by atoms with Crippen LogP contribution in [-0.2, 0) is 0 Å². The van der Waals surface area contributed by atoms with Gasteiger partial charge in [0.05, 0.1) is 10.6 Å². The summed E-state index contributed by atoms with van der Waals surface area (Å²) >= 11 is 6.03. The van der Waals surface area contributed by atoms with Crippen molar-refractivity contribution in [3.8, 4) is 0 Å². The number of aromatic nitrogens is 1. The van der Waals surface area contributed by atoms with Crippen molar-refractivity contribution in [2.45, 2.75) is 45.6 Å². The van der Waals surface area contributed by atoms with Crippen LogP contribution >= 0.6 is 11.6 Å². The number of carbonyl (C=O) groups is 1. The van der Waals surface area contributed by atoms with Gasteiger partial charge in [0.1, 0.15) is 0 Å². The fourth-order valence-corrected chi connectivity index (χ4v) is 3.12. The number of nitrogens with one attached hydrogen (secondary N) is 1. The normalized spacial score (nSPS) is 23.4. The van der Waals surface area contributed by atoms with Crippen molar-refractivity contribution in [3.63, 3.8) is 0 Å². The molecule has 0 bridgehead atoms. The number of amides is 1. The minimum atomic E-state index is -0.101. The second kappa shape index (κ2) is 6.38. The number of pyridine rings is 1. The summed E-state index contributed by atoms with van der Waals surface area (Å²) in [7, 11) is 0. The van der Waals surface area contributed by atoms with Gasteiger partial charge in [-0.05, 0) is 30.7 Å². The minimum Gasteiger partial charge on any atom is -0.349 e. The van der Waals surface area contributed by atoms with Gasteiger partial charge in [-0.2, -0.15) is 0 Å². The fraction of sp³-hybridized carbons (Fsp3) is 0.600. The summed E-state index contributed by atoms with van der Waals surface area (Å²) in [5.41, 5.74) is 0.470. The molecule has 0 saturated heterocycles. The molecule has 104 valence electrons. The van der Waals surface area contributed by atoms with Gasteiger partial charge in [-0.3, -0.25) is 9.78 Å². The van der Waals surface area contributed by atoms with Crippen LogP contribution in [0.15, 0.2) is 18.5 Å². The molecule has 2 rings (SSSR count). The zero-order chi connectivity index (χ0) is 13.8. The fourth-order valence-electron chi connectivity index (χ4n) is 2.93. The highest BCUT2D eigenvalue weighted by Crippen LogP contribution is 2.30. The van der Waals surface area contributed by atoms with Crippen molar-refractivity contribution >= 4 is 17.5 Å². The van der Waals surface area contributed by atoms with Crippen LogP contribution in [0.2, 0.25) is 5.02 Å². The van der Waals surface area contributed by atoms with E-state index in [0.29, 0.717) is 22.4 Å². The molecule has 1 fully saturated rings. The molecule has 1 saturated carbocycles. The van der Waals surface area contributed by atoms with Crippen molar-refractivity contribution < 1.29 is 4.79 Å². The first-order valence-corrected chi connectivity index (χ1v) is 7.37. The Labute approximate surface area is 119 Å². The molecule has 0 aliphatic heterocycles. The minimum absolute atomic E-state index is 0.101. The van der Waals surface area contributed by atoms with Crippen LogP contribution in [-0.4, -0.2) is 16.9 Å². The molecular weight excluding hydrogens is 260 g/mol. The van der Waals surface area contributed by atoms with Crippen LogP contribution in [0.5, 0.6) is 0 Å². The lowest BCUT2D eigenvalue weighted by Gasteiger charge is -2.34. The van der Waals surface area contributed by atoms with Crippen LogP contribution in [0.25, 0.3) is 0 Å². The molecule has 2 atom stereocenters. The van der Waals surface area contributed by atoms with Gasteiger partial charge >= 0.3 is 0 Å². The Hall–Kier alpha value is -1.09. The number of hydrogen-bond acceptors (Lipinski definition) is 2. The van der Waals surface area contributed by atoms with E-state index < -0.39 is 0 Å². The molecule has 0 aromatic carbocycles. The molecule has 0 radical (unpaired) electrons. The van der Waals surface area contributed by atoms with Gasteiger partial charge in [0.15, 0.2) is 0 Å². The molecule has 1 aromatic rings. The van der Waals surface area contributed by atoms with Crippen LogP contribution in [0.3, 0.4) is 0 Å². The molecule has 1 aliphatic carbocycles. The zero-order valence-corrected chi connectivity index (χ0v) is 12.3. The van der Waals surface area contributed by atoms with E-state index in [2.05, 4.69) is 24.1 Å². The van der Waals surface area contributed by atoms with Gasteiger partial charge in [-0.25, -0.2) is 0 Å². The smallest absolute Gasteiger partial charge is 0.254 e. The van der Waals surface area contributed by atoms with E-state index in [4.69, 9.17) is 11.6 Å². The van der Waals surface area contributed by atoms with E-state index in [1.54, 1.807) is 12.3 Å². The summed E-state index contributed by atoms with van der Waals surface area (Å²) < 4.78 is 0. The molecule has 3 nitrogen and oxygen atoms in total. The average Bonchev–Trinajstić information content (AvgIpc) is 2.39. The Morgan fingerprint density at radius 3 is 2.84 bits per heavy atom. The van der Waals surface area contributed by atoms with Crippen molar-refractivity contribution in [2.24, 2.45) is 11.8 Å². The second-order valence-corrected chi connectivity index (χ2v) is 6.04. The van der Waals surface area contributed by atoms with Crippen LogP contribution < -0.4 is 5.32 Å². The first-order valence-electron chi connectivity index (χ1n) is 7.00. The Balaban J connectivity index is 2.07. The van der Waals surface area contributed by atoms with Gasteiger partial charge in [-0.15, -0.1) is 0 Å². The lowest BCUT2D eigenvalue weighted by Crippen LogP contribution is -2.44. The zero-order valence-electron chi connectivity index (χ0n) is 11.5. The number of hydrogen-bond donors (Lipinski definition) is 1. The molecule has 2 unspecified atom stereocenters. The molecule has 0 spiro atoms. The van der Waals surface area contributed by atoms with Gasteiger partial charge in [0, 0.05) is 18.4 Å². The summed E-state index contributed by atoms with van der Waals surface area (Å²) in [5.74, 6) is 1.05. The van der Waals surface area contributed by atoms with Crippen LogP contribution in [0.1, 0.15) is 49.9 Å². The van der Waals surface area contributed by atoms with E-state index >= 15 is 0 Å². The Kier molecular flexibility index (Phi) is 4.81. The topological polar surface area (TPSA) is 42.0 Å². The molecule has 1 aliphatic rings. The number of nitrogens with zero attached hydrogens (tertiary/aromatic N) is 1. The van der Waals surface area contributed by atoms with Crippen LogP contribution in [0, 0.1) is 11.8 Å². The van der Waals surface area contributed by atoms with E-state index in [1.807, 2.05) is 0 Å². The maximum atomic E-state index is 12.3. The predicted molar refractivity (Wildman–Crippen MR) is 77.3 cm³/mol. The van der Waals surface area contributed by atoms with Gasteiger partial charge in [0.2, 0.25) is 0 Å². The third-order valence-corrected chi connectivity index (χ3v) is 4.33. The van der Waals surface area contributed by atoms with Gasteiger partial charge in [-0.1, -0.05) is 38.3 Å². The quantitative estimate of drug-likeness (QED) is 0.918. The summed E-state index contributed by atoms with van der Waals surface area (Å²) in [5, 5.41) is 3.61. The highest BCUT2D eigenvalue weighted by Gasteiger charge is 2.29. The van der Waals surface area contributed by atoms with Crippen molar-refractivity contribution in [3.05, 3.63) is 29.0 Å². The van der Waals surface area contributed by atoms with Crippen LogP contribution in [0.4, 0.5) is 0 Å². The average molecular weight is 281 g/mol. The predicted octanol–water partition coefficient (Wildman–Crippen LogP) is 3.68.